The van der Waals surface area contributed by atoms with Gasteiger partial charge in [0.15, 0.2) is 5.13 Å². The molecule has 36 heavy (non-hydrogen) atoms. The standard InChI is InChI=1S/C29H27N3O3S/c1-29(2,3)22-10-14-24(15-11-22)35-17-16-34-23-12-8-20(9-13-23)18-21(19-30)27(33)32-28-31-25-6-4-5-7-26(25)36-28/h4-15,18H,16-17H2,1-3H3,(H,31,32,33). The molecule has 4 aromatic rings. The molecule has 0 saturated carbocycles. The topological polar surface area (TPSA) is 84.2 Å². The molecule has 0 bridgehead atoms. The summed E-state index contributed by atoms with van der Waals surface area (Å²) < 4.78 is 12.5. The summed E-state index contributed by atoms with van der Waals surface area (Å²) in [7, 11) is 0. The Morgan fingerprint density at radius 3 is 2.17 bits per heavy atom. The Balaban J connectivity index is 1.28. The fraction of sp³-hybridized carbons (Fsp3) is 0.207. The largest absolute Gasteiger partial charge is 0.490 e. The average molecular weight is 498 g/mol. The van der Waals surface area contributed by atoms with E-state index in [1.807, 2.05) is 42.5 Å². The summed E-state index contributed by atoms with van der Waals surface area (Å²) in [5, 5.41) is 12.7. The molecule has 0 saturated heterocycles. The smallest absolute Gasteiger partial charge is 0.268 e. The molecule has 3 aromatic carbocycles. The van der Waals surface area contributed by atoms with Crippen LogP contribution in [0.15, 0.2) is 78.4 Å². The lowest BCUT2D eigenvalue weighted by Gasteiger charge is -2.19. The number of ether oxygens (including phenoxy) is 2. The molecule has 1 heterocycles. The Labute approximate surface area is 214 Å². The minimum Gasteiger partial charge on any atom is -0.490 e. The monoisotopic (exact) mass is 497 g/mol. The number of anilines is 1. The Kier molecular flexibility index (Phi) is 7.67. The minimum absolute atomic E-state index is 0.00574. The van der Waals surface area contributed by atoms with Crippen LogP contribution in [0.25, 0.3) is 16.3 Å². The molecule has 7 heteroatoms. The van der Waals surface area contributed by atoms with Crippen molar-refractivity contribution in [3.05, 3.63) is 89.5 Å². The van der Waals surface area contributed by atoms with Gasteiger partial charge in [-0.3, -0.25) is 10.1 Å². The van der Waals surface area contributed by atoms with Crippen LogP contribution in [0, 0.1) is 11.3 Å². The third kappa shape index (κ3) is 6.49. The summed E-state index contributed by atoms with van der Waals surface area (Å²) in [4.78, 5) is 17.0. The van der Waals surface area contributed by atoms with E-state index in [1.54, 1.807) is 24.3 Å². The predicted molar refractivity (Wildman–Crippen MR) is 144 cm³/mol. The zero-order chi connectivity index (χ0) is 25.5. The number of nitrogens with one attached hydrogen (secondary N) is 1. The van der Waals surface area contributed by atoms with Crippen LogP contribution in [0.1, 0.15) is 31.9 Å². The van der Waals surface area contributed by atoms with Crippen molar-refractivity contribution in [3.63, 3.8) is 0 Å². The molecule has 0 fully saturated rings. The average Bonchev–Trinajstić information content (AvgIpc) is 3.28. The van der Waals surface area contributed by atoms with E-state index in [2.05, 4.69) is 43.2 Å². The second-order valence-corrected chi connectivity index (χ2v) is 10.2. The summed E-state index contributed by atoms with van der Waals surface area (Å²) in [5.74, 6) is 0.987. The van der Waals surface area contributed by atoms with Crippen molar-refractivity contribution >= 4 is 38.7 Å². The predicted octanol–water partition coefficient (Wildman–Crippen LogP) is 6.60. The molecule has 1 amide bonds. The molecule has 0 aliphatic rings. The number of fused-ring (bicyclic) bond motifs is 1. The van der Waals surface area contributed by atoms with Crippen LogP contribution in [0.2, 0.25) is 0 Å². The molecule has 0 aliphatic carbocycles. The van der Waals surface area contributed by atoms with Gasteiger partial charge in [0.2, 0.25) is 0 Å². The van der Waals surface area contributed by atoms with Crippen molar-refractivity contribution in [3.8, 4) is 17.6 Å². The molecule has 0 radical (unpaired) electrons. The number of carbonyl (C=O) groups excluding carboxylic acids is 1. The highest BCUT2D eigenvalue weighted by Crippen LogP contribution is 2.26. The van der Waals surface area contributed by atoms with Gasteiger partial charge in [0.25, 0.3) is 5.91 Å². The zero-order valence-corrected chi connectivity index (χ0v) is 21.3. The maximum absolute atomic E-state index is 12.6. The van der Waals surface area contributed by atoms with Gasteiger partial charge in [0.05, 0.1) is 10.2 Å². The molecule has 0 unspecified atom stereocenters. The van der Waals surface area contributed by atoms with Crippen LogP contribution in [-0.2, 0) is 10.2 Å². The molecule has 6 nitrogen and oxygen atoms in total. The third-order valence-corrected chi connectivity index (χ3v) is 6.36. The van der Waals surface area contributed by atoms with Gasteiger partial charge in [-0.2, -0.15) is 5.26 Å². The highest BCUT2D eigenvalue weighted by molar-refractivity contribution is 7.22. The van der Waals surface area contributed by atoms with Gasteiger partial charge >= 0.3 is 0 Å². The maximum atomic E-state index is 12.6. The lowest BCUT2D eigenvalue weighted by molar-refractivity contribution is -0.112. The number of aromatic nitrogens is 1. The first kappa shape index (κ1) is 25.0. The van der Waals surface area contributed by atoms with Gasteiger partial charge in [0.1, 0.15) is 36.4 Å². The van der Waals surface area contributed by atoms with Gasteiger partial charge in [-0.15, -0.1) is 0 Å². The number of amides is 1. The number of thiazole rings is 1. The summed E-state index contributed by atoms with van der Waals surface area (Å²) >= 11 is 1.36. The molecule has 4 rings (SSSR count). The van der Waals surface area contributed by atoms with Crippen molar-refractivity contribution in [2.24, 2.45) is 0 Å². The van der Waals surface area contributed by atoms with Crippen LogP contribution < -0.4 is 14.8 Å². The number of para-hydroxylation sites is 1. The van der Waals surface area contributed by atoms with E-state index in [1.165, 1.54) is 23.0 Å². The quantitative estimate of drug-likeness (QED) is 0.168. The number of carbonyl (C=O) groups is 1. The second kappa shape index (κ2) is 11.1. The maximum Gasteiger partial charge on any atom is 0.268 e. The first-order valence-electron chi connectivity index (χ1n) is 11.6. The first-order valence-corrected chi connectivity index (χ1v) is 12.4. The lowest BCUT2D eigenvalue weighted by Crippen LogP contribution is -2.13. The normalized spacial score (nSPS) is 11.7. The Morgan fingerprint density at radius 2 is 1.58 bits per heavy atom. The Hall–Kier alpha value is -4.15. The number of hydrogen-bond donors (Lipinski definition) is 1. The fourth-order valence-electron chi connectivity index (χ4n) is 3.44. The van der Waals surface area contributed by atoms with Crippen molar-refractivity contribution < 1.29 is 14.3 Å². The van der Waals surface area contributed by atoms with E-state index in [4.69, 9.17) is 9.47 Å². The summed E-state index contributed by atoms with van der Waals surface area (Å²) in [6.07, 6.45) is 1.54. The fourth-order valence-corrected chi connectivity index (χ4v) is 4.30. The van der Waals surface area contributed by atoms with Gasteiger partial charge in [-0.05, 0) is 59.0 Å². The zero-order valence-electron chi connectivity index (χ0n) is 20.4. The number of hydrogen-bond acceptors (Lipinski definition) is 6. The second-order valence-electron chi connectivity index (χ2n) is 9.15. The highest BCUT2D eigenvalue weighted by atomic mass is 32.1. The number of rotatable bonds is 8. The van der Waals surface area contributed by atoms with Crippen LogP contribution in [0.4, 0.5) is 5.13 Å². The van der Waals surface area contributed by atoms with Gasteiger partial charge in [-0.1, -0.05) is 68.5 Å². The molecule has 0 atom stereocenters. The SMILES string of the molecule is CC(C)(C)c1ccc(OCCOc2ccc(C=C(C#N)C(=O)Nc3nc4ccccc4s3)cc2)cc1. The summed E-state index contributed by atoms with van der Waals surface area (Å²) in [6.45, 7) is 7.35. The molecular weight excluding hydrogens is 470 g/mol. The van der Waals surface area contributed by atoms with E-state index in [-0.39, 0.29) is 11.0 Å². The van der Waals surface area contributed by atoms with Gasteiger partial charge in [-0.25, -0.2) is 4.98 Å². The summed E-state index contributed by atoms with van der Waals surface area (Å²) in [5.41, 5.74) is 2.88. The molecule has 182 valence electrons. The molecule has 0 spiro atoms. The third-order valence-electron chi connectivity index (χ3n) is 5.41. The van der Waals surface area contributed by atoms with Gasteiger partial charge in [0, 0.05) is 0 Å². The Morgan fingerprint density at radius 1 is 0.972 bits per heavy atom. The van der Waals surface area contributed by atoms with Crippen LogP contribution in [-0.4, -0.2) is 24.1 Å². The Bertz CT molecular complexity index is 1380. The minimum atomic E-state index is -0.496. The number of nitrogens with zero attached hydrogens (tertiary/aromatic N) is 2. The summed E-state index contributed by atoms with van der Waals surface area (Å²) in [6, 6.07) is 24.9. The van der Waals surface area contributed by atoms with Crippen LogP contribution in [0.5, 0.6) is 11.5 Å². The van der Waals surface area contributed by atoms with Gasteiger partial charge < -0.3 is 9.47 Å². The lowest BCUT2D eigenvalue weighted by atomic mass is 9.87. The van der Waals surface area contributed by atoms with Crippen molar-refractivity contribution in [1.29, 1.82) is 5.26 Å². The number of benzene rings is 3. The van der Waals surface area contributed by atoms with E-state index in [0.29, 0.717) is 29.7 Å². The van der Waals surface area contributed by atoms with E-state index >= 15 is 0 Å². The van der Waals surface area contributed by atoms with E-state index in [0.717, 1.165) is 16.0 Å². The van der Waals surface area contributed by atoms with Crippen LogP contribution >= 0.6 is 11.3 Å². The van der Waals surface area contributed by atoms with E-state index < -0.39 is 5.91 Å². The molecule has 1 aromatic heterocycles. The highest BCUT2D eigenvalue weighted by Gasteiger charge is 2.14. The molecular formula is C29H27N3O3S. The first-order chi connectivity index (χ1) is 17.3. The van der Waals surface area contributed by atoms with Crippen molar-refractivity contribution in [1.82, 2.24) is 4.98 Å². The van der Waals surface area contributed by atoms with Crippen molar-refractivity contribution in [2.45, 2.75) is 26.2 Å². The number of nitriles is 1. The molecule has 0 aliphatic heterocycles. The van der Waals surface area contributed by atoms with E-state index in [9.17, 15) is 10.1 Å². The van der Waals surface area contributed by atoms with Crippen molar-refractivity contribution in [2.75, 3.05) is 18.5 Å². The van der Waals surface area contributed by atoms with Crippen LogP contribution in [0.3, 0.4) is 0 Å². The molecule has 1 N–H and O–H groups in total.